The Kier molecular flexibility index (Phi) is 43.5. The fraction of sp³-hybridized carbons (Fsp3) is 0.566. The molecule has 3 aliphatic heterocycles. The lowest BCUT2D eigenvalue weighted by Gasteiger charge is -2.32. The predicted octanol–water partition coefficient (Wildman–Crippen LogP) is -8.77. The normalized spacial score (nSPS) is 25.0. The first-order valence-corrected chi connectivity index (χ1v) is 43.6. The predicted molar refractivity (Wildman–Crippen MR) is 468 cm³/mol. The molecule has 15 atom stereocenters. The van der Waals surface area contributed by atoms with Gasteiger partial charge in [-0.05, 0) is 153 Å². The molecule has 50 heteroatoms. The van der Waals surface area contributed by atoms with Gasteiger partial charge in [0.25, 0.3) is 0 Å². The number of aromatic amines is 1. The van der Waals surface area contributed by atoms with Crippen molar-refractivity contribution in [1.29, 1.82) is 5.41 Å². The lowest BCUT2D eigenvalue weighted by molar-refractivity contribution is -0.145. The van der Waals surface area contributed by atoms with Gasteiger partial charge in [-0.3, -0.25) is 106 Å². The number of hydrogen-bond acceptors (Lipinski definition) is 26. The number of carbonyl (C=O) groups excluding carboxylic acids is 18. The highest BCUT2D eigenvalue weighted by Crippen LogP contribution is 2.25. The number of carbonyl (C=O) groups is 21. The summed E-state index contributed by atoms with van der Waals surface area (Å²) in [6.45, 7) is 0.501. The molecule has 6 rings (SSSR count). The molecule has 50 nitrogen and oxygen atoms in total. The topological polar surface area (TPSA) is 802 Å². The number of nitrogens with two attached hydrogens (primary N) is 4. The zero-order chi connectivity index (χ0) is 98.3. The molecule has 3 saturated heterocycles. The Bertz CT molecular complexity index is 4690. The molecule has 0 radical (unpaired) electrons. The van der Waals surface area contributed by atoms with Crippen molar-refractivity contribution in [2.75, 3.05) is 52.4 Å². The minimum atomic E-state index is -1.99. The van der Waals surface area contributed by atoms with E-state index in [9.17, 15) is 126 Å². The van der Waals surface area contributed by atoms with Crippen LogP contribution < -0.4 is 108 Å². The molecule has 1 aromatic heterocycles. The second kappa shape index (κ2) is 53.8. The van der Waals surface area contributed by atoms with Crippen LogP contribution in [0, 0.1) is 5.41 Å². The van der Waals surface area contributed by atoms with E-state index in [2.05, 4.69) is 90.1 Å². The summed E-state index contributed by atoms with van der Waals surface area (Å²) in [4.78, 5) is 294. The van der Waals surface area contributed by atoms with Gasteiger partial charge in [-0.1, -0.05) is 30.3 Å². The Balaban J connectivity index is 1.30. The van der Waals surface area contributed by atoms with Crippen molar-refractivity contribution < 1.29 is 126 Å². The number of phenols is 1. The van der Waals surface area contributed by atoms with Crippen molar-refractivity contribution in [3.8, 4) is 5.75 Å². The smallest absolute Gasteiger partial charge is 0.303 e. The summed E-state index contributed by atoms with van der Waals surface area (Å²) in [7, 11) is 0. The Morgan fingerprint density at radius 3 is 1.47 bits per heavy atom. The first-order chi connectivity index (χ1) is 63.0. The Morgan fingerprint density at radius 2 is 0.910 bits per heavy atom. The van der Waals surface area contributed by atoms with Crippen LogP contribution in [-0.2, 0) is 114 Å². The number of nitrogens with zero attached hydrogens (tertiary/aromatic N) is 2. The van der Waals surface area contributed by atoms with E-state index in [0.29, 0.717) is 28.5 Å². The first-order valence-electron chi connectivity index (χ1n) is 43.6. The van der Waals surface area contributed by atoms with E-state index < -0.39 is 292 Å². The molecule has 730 valence electrons. The van der Waals surface area contributed by atoms with Gasteiger partial charge in [-0.2, -0.15) is 0 Å². The number of primary amides is 1. The maximum absolute atomic E-state index is 15.0. The molecule has 18 amide bonds. The average Bonchev–Trinajstić information content (AvgIpc) is 1.73. The SMILES string of the molecule is C[C@@H]1NC(=O)CNC(=O)[C@H](CCC(=O)O)NC(=O)[C@@H]2CCCN2C(=O)[C@H]([C@H](C)O)NC(=O)[C@H](CCC(=O)O)NC(=O)[C@H](CCCNC(=N)N)NC(=O)[C@H](CCC(N)=O)NC(=O)CNC(=O)[C@@H](N)CCCNC(=O)CNC(=O)[C@H](Cc2ccc(O)cc2)NC(=O)[C@H](Cc2c[nH]c3ccccc23)NC(=O)[C@@H]2CCCN2C(=O)[C@H](CCCCN)NC(=O)[C@H](C)NC(=O)[C@H](CCC(=O)O)NC1=O. The number of aromatic nitrogens is 1. The van der Waals surface area contributed by atoms with Crippen LogP contribution in [0.1, 0.15) is 154 Å². The van der Waals surface area contributed by atoms with Crippen molar-refractivity contribution in [2.45, 2.75) is 246 Å². The van der Waals surface area contributed by atoms with E-state index in [1.54, 1.807) is 30.5 Å². The van der Waals surface area contributed by atoms with Gasteiger partial charge in [-0.25, -0.2) is 0 Å². The van der Waals surface area contributed by atoms with E-state index >= 15 is 0 Å². The molecule has 2 aromatic carbocycles. The maximum atomic E-state index is 15.0. The highest BCUT2D eigenvalue weighted by Gasteiger charge is 2.44. The minimum absolute atomic E-state index is 0.0192. The number of aliphatic hydroxyl groups excluding tert-OH is 1. The van der Waals surface area contributed by atoms with Gasteiger partial charge in [-0.15, -0.1) is 0 Å². The number of guanidine groups is 1. The molecule has 0 unspecified atom stereocenters. The summed E-state index contributed by atoms with van der Waals surface area (Å²) in [5.74, 6) is -23.5. The van der Waals surface area contributed by atoms with E-state index in [4.69, 9.17) is 28.3 Å². The summed E-state index contributed by atoms with van der Waals surface area (Å²) in [6, 6.07) is -9.92. The monoisotopic (exact) mass is 1870 g/mol. The Hall–Kier alpha value is -14.2. The molecule has 4 heterocycles. The van der Waals surface area contributed by atoms with E-state index in [1.807, 2.05) is 0 Å². The van der Waals surface area contributed by atoms with Gasteiger partial charge in [0.05, 0.1) is 31.8 Å². The molecule has 0 saturated carbocycles. The number of aromatic hydroxyl groups is 1. The lowest BCUT2D eigenvalue weighted by atomic mass is 10.0. The number of amides is 18. The highest BCUT2D eigenvalue weighted by atomic mass is 16.4. The largest absolute Gasteiger partial charge is 0.508 e. The van der Waals surface area contributed by atoms with Gasteiger partial charge < -0.3 is 148 Å². The number of unbranched alkanes of at least 4 members (excludes halogenated alkanes) is 1. The van der Waals surface area contributed by atoms with Crippen LogP contribution in [0.5, 0.6) is 5.75 Å². The molecule has 3 aliphatic rings. The molecule has 0 bridgehead atoms. The number of benzene rings is 2. The third-order valence-corrected chi connectivity index (χ3v) is 22.0. The fourth-order valence-corrected chi connectivity index (χ4v) is 14.7. The number of H-pyrrole nitrogens is 1. The number of hydrogen-bond donors (Lipinski definition) is 27. The van der Waals surface area contributed by atoms with Gasteiger partial charge in [0.1, 0.15) is 84.3 Å². The number of rotatable bonds is 25. The molecule has 133 heavy (non-hydrogen) atoms. The van der Waals surface area contributed by atoms with Gasteiger partial charge in [0, 0.05) is 81.8 Å². The van der Waals surface area contributed by atoms with Crippen LogP contribution >= 0.6 is 0 Å². The molecule has 3 aromatic rings. The van der Waals surface area contributed by atoms with Crippen LogP contribution in [0.4, 0.5) is 0 Å². The molecule has 0 spiro atoms. The summed E-state index contributed by atoms with van der Waals surface area (Å²) < 4.78 is 0. The van der Waals surface area contributed by atoms with Crippen LogP contribution in [0.3, 0.4) is 0 Å². The van der Waals surface area contributed by atoms with Gasteiger partial charge >= 0.3 is 17.9 Å². The van der Waals surface area contributed by atoms with E-state index in [1.165, 1.54) is 36.1 Å². The number of phenolic OH excluding ortho intramolecular Hbond substituents is 1. The summed E-state index contributed by atoms with van der Waals surface area (Å²) in [5, 5.41) is 97.5. The second-order valence-electron chi connectivity index (χ2n) is 32.4. The zero-order valence-electron chi connectivity index (χ0n) is 73.9. The fourth-order valence-electron chi connectivity index (χ4n) is 14.7. The number of para-hydroxylation sites is 1. The van der Waals surface area contributed by atoms with E-state index in [0.717, 1.165) is 18.7 Å². The number of carboxylic acid groups (broad SMARTS) is 3. The van der Waals surface area contributed by atoms with Gasteiger partial charge in [0.15, 0.2) is 5.96 Å². The molecule has 0 aliphatic carbocycles. The average molecular weight is 1870 g/mol. The van der Waals surface area contributed by atoms with Crippen molar-refractivity contribution in [3.63, 3.8) is 0 Å². The number of fused-ring (bicyclic) bond motifs is 3. The zero-order valence-corrected chi connectivity index (χ0v) is 73.9. The van der Waals surface area contributed by atoms with Crippen molar-refractivity contribution in [3.05, 3.63) is 65.9 Å². The number of nitrogens with one attached hydrogen (secondary N) is 18. The van der Waals surface area contributed by atoms with Gasteiger partial charge in [0.2, 0.25) is 106 Å². The van der Waals surface area contributed by atoms with Crippen LogP contribution in [0.15, 0.2) is 54.7 Å². The molecular formula is C83H122N24O26. The second-order valence-corrected chi connectivity index (χ2v) is 32.4. The maximum Gasteiger partial charge on any atom is 0.303 e. The summed E-state index contributed by atoms with van der Waals surface area (Å²) in [6.07, 6.45) is -5.89. The van der Waals surface area contributed by atoms with Crippen molar-refractivity contribution >= 4 is 141 Å². The quantitative estimate of drug-likeness (QED) is 0.0213. The number of carboxylic acids is 3. The summed E-state index contributed by atoms with van der Waals surface area (Å²) >= 11 is 0. The molecule has 3 fully saturated rings. The Labute approximate surface area is 762 Å². The number of aliphatic carboxylic acids is 3. The van der Waals surface area contributed by atoms with Crippen LogP contribution in [-0.4, -0.2) is 314 Å². The molecule has 31 N–H and O–H groups in total. The Morgan fingerprint density at radius 1 is 0.466 bits per heavy atom. The third-order valence-electron chi connectivity index (χ3n) is 22.0. The van der Waals surface area contributed by atoms with Crippen LogP contribution in [0.2, 0.25) is 0 Å². The van der Waals surface area contributed by atoms with Crippen molar-refractivity contribution in [2.24, 2.45) is 22.9 Å². The summed E-state index contributed by atoms with van der Waals surface area (Å²) in [5.41, 5.74) is 24.5. The molecular weight excluding hydrogens is 1750 g/mol. The first kappa shape index (κ1) is 108. The van der Waals surface area contributed by atoms with Crippen LogP contribution in [0.25, 0.3) is 10.9 Å². The van der Waals surface area contributed by atoms with Crippen molar-refractivity contribution in [1.82, 2.24) is 99.9 Å². The third kappa shape index (κ3) is 35.9. The minimum Gasteiger partial charge on any atom is -0.508 e. The van der Waals surface area contributed by atoms with E-state index in [-0.39, 0.29) is 116 Å². The standard InChI is InChI=1S/C83H122N24O26/c1-42-69(120)98-54(25-29-66(116)117)74(125)96-43(2)70(121)102-56(15-6-7-31-84)81(132)106-34-10-17-59(106)80(131)104-58(37-46-38-91-50-14-5-4-12-48(46)50)78(129)103-57(36-45-19-21-47(109)22-20-45)73(124)93-39-62(111)89-32-8-13-49(85)71(122)92-41-64(113)97-53(23-27-61(86)110)76(127)99-51(16-9-33-90-83(87)88)75(126)100-55(26-30-67(118)119)77(128)105-68(44(3)108)82(133)107-35-11-18-60(107)79(130)101-52(24-28-65(114)115)72(123)94-40-63(112)95-42/h4-5,12,14,19-22,38,42-44,49,51-60,68,91,108-109H,6-11,13,15-18,23-37,39-41,84-85H2,1-3H3,(H2,86,110)(H,89,111)(H,92,122)(H,93,124)(H,94,123)(H,95,112)(H,96,125)(H,97,113)(H,98,120)(H,99,127)(H,100,126)(H,101,130)(H,102,121)(H,103,129)(H,104,131)(H,105,128)(H,114,115)(H,116,117)(H,118,119)(H4,87,88,90)/t42-,43-,44-,49-,51-,52-,53-,54-,55-,56-,57-,58-,59-,60-,68-/m0/s1. The lowest BCUT2D eigenvalue weighted by Crippen LogP contribution is -2.61. The highest BCUT2D eigenvalue weighted by molar-refractivity contribution is 6.02. The number of aliphatic hydroxyl groups is 1.